The number of amides is 2. The Morgan fingerprint density at radius 3 is 2.24 bits per heavy atom. The molecule has 0 fully saturated rings. The summed E-state index contributed by atoms with van der Waals surface area (Å²) in [5, 5.41) is 2.82. The van der Waals surface area contributed by atoms with Crippen molar-refractivity contribution in [2.75, 3.05) is 24.2 Å². The summed E-state index contributed by atoms with van der Waals surface area (Å²) in [5.74, 6) is -1.05. The van der Waals surface area contributed by atoms with Crippen molar-refractivity contribution in [2.45, 2.75) is 45.8 Å². The average molecular weight is 494 g/mol. The molecule has 2 atom stereocenters. The lowest BCUT2D eigenvalue weighted by Crippen LogP contribution is -2.52. The zero-order chi connectivity index (χ0) is 25.5. The average Bonchev–Trinajstić information content (AvgIpc) is 2.80. The third-order valence-electron chi connectivity index (χ3n) is 5.51. The van der Waals surface area contributed by atoms with E-state index in [-0.39, 0.29) is 23.8 Å². The SMILES string of the molecule is CC[C@@H](C)NC(=O)[C@H](C)N(Cc1ccccc1F)C(=O)CN(c1ccc(OC)cc1)S(C)(=O)=O. The molecular weight excluding hydrogens is 461 g/mol. The maximum atomic E-state index is 14.4. The van der Waals surface area contributed by atoms with Gasteiger partial charge in [-0.25, -0.2) is 12.8 Å². The monoisotopic (exact) mass is 493 g/mol. The van der Waals surface area contributed by atoms with E-state index in [1.165, 1.54) is 49.3 Å². The molecule has 0 heterocycles. The van der Waals surface area contributed by atoms with Crippen molar-refractivity contribution in [1.29, 1.82) is 0 Å². The molecule has 34 heavy (non-hydrogen) atoms. The molecule has 2 aromatic rings. The van der Waals surface area contributed by atoms with Gasteiger partial charge in [0.15, 0.2) is 0 Å². The second-order valence-corrected chi connectivity index (χ2v) is 9.98. The lowest BCUT2D eigenvalue weighted by Gasteiger charge is -2.32. The number of halogens is 1. The van der Waals surface area contributed by atoms with Gasteiger partial charge in [0.1, 0.15) is 24.2 Å². The molecule has 0 saturated heterocycles. The minimum absolute atomic E-state index is 0.118. The van der Waals surface area contributed by atoms with Gasteiger partial charge in [0.05, 0.1) is 19.1 Å². The van der Waals surface area contributed by atoms with Crippen LogP contribution in [0.5, 0.6) is 5.75 Å². The largest absolute Gasteiger partial charge is 0.497 e. The van der Waals surface area contributed by atoms with Gasteiger partial charge in [-0.3, -0.25) is 13.9 Å². The van der Waals surface area contributed by atoms with E-state index >= 15 is 0 Å². The van der Waals surface area contributed by atoms with Crippen LogP contribution < -0.4 is 14.4 Å². The number of benzene rings is 2. The third-order valence-corrected chi connectivity index (χ3v) is 6.65. The first-order chi connectivity index (χ1) is 16.0. The number of methoxy groups -OCH3 is 1. The molecule has 0 aliphatic carbocycles. The van der Waals surface area contributed by atoms with Gasteiger partial charge >= 0.3 is 0 Å². The molecule has 0 aliphatic heterocycles. The lowest BCUT2D eigenvalue weighted by atomic mass is 10.1. The van der Waals surface area contributed by atoms with Crippen LogP contribution in [-0.2, 0) is 26.2 Å². The fourth-order valence-corrected chi connectivity index (χ4v) is 4.07. The van der Waals surface area contributed by atoms with Gasteiger partial charge in [0, 0.05) is 18.2 Å². The predicted molar refractivity (Wildman–Crippen MR) is 129 cm³/mol. The van der Waals surface area contributed by atoms with E-state index in [1.54, 1.807) is 18.2 Å². The number of rotatable bonds is 11. The van der Waals surface area contributed by atoms with Crippen molar-refractivity contribution >= 4 is 27.5 Å². The van der Waals surface area contributed by atoms with Crippen LogP contribution in [0.3, 0.4) is 0 Å². The van der Waals surface area contributed by atoms with Gasteiger partial charge in [0.25, 0.3) is 0 Å². The number of hydrogen-bond acceptors (Lipinski definition) is 5. The molecule has 0 aromatic heterocycles. The van der Waals surface area contributed by atoms with E-state index in [0.717, 1.165) is 10.6 Å². The smallest absolute Gasteiger partial charge is 0.244 e. The second kappa shape index (κ2) is 11.8. The zero-order valence-corrected chi connectivity index (χ0v) is 20.9. The predicted octanol–water partition coefficient (Wildman–Crippen LogP) is 2.93. The maximum Gasteiger partial charge on any atom is 0.244 e. The number of sulfonamides is 1. The summed E-state index contributed by atoms with van der Waals surface area (Å²) in [6.07, 6.45) is 1.68. The molecule has 2 amide bonds. The van der Waals surface area contributed by atoms with E-state index in [2.05, 4.69) is 5.32 Å². The Morgan fingerprint density at radius 2 is 1.71 bits per heavy atom. The zero-order valence-electron chi connectivity index (χ0n) is 20.1. The van der Waals surface area contributed by atoms with Crippen LogP contribution in [0.4, 0.5) is 10.1 Å². The number of hydrogen-bond donors (Lipinski definition) is 1. The van der Waals surface area contributed by atoms with Gasteiger partial charge in [-0.2, -0.15) is 0 Å². The van der Waals surface area contributed by atoms with E-state index in [1.807, 2.05) is 13.8 Å². The highest BCUT2D eigenvalue weighted by atomic mass is 32.2. The standard InChI is InChI=1S/C24H32FN3O5S/c1-6-17(2)26-24(30)18(3)27(15-19-9-7-8-10-22(19)25)23(29)16-28(34(5,31)32)20-11-13-21(33-4)14-12-20/h7-14,17-18H,6,15-16H2,1-5H3,(H,26,30)/t17-,18+/m1/s1. The number of nitrogens with zero attached hydrogens (tertiary/aromatic N) is 2. The fourth-order valence-electron chi connectivity index (χ4n) is 3.22. The number of carbonyl (C=O) groups is 2. The number of nitrogens with one attached hydrogen (secondary N) is 1. The van der Waals surface area contributed by atoms with Crippen LogP contribution >= 0.6 is 0 Å². The van der Waals surface area contributed by atoms with Crippen molar-refractivity contribution in [3.63, 3.8) is 0 Å². The summed E-state index contributed by atoms with van der Waals surface area (Å²) in [5.41, 5.74) is 0.480. The van der Waals surface area contributed by atoms with Gasteiger partial charge in [-0.15, -0.1) is 0 Å². The van der Waals surface area contributed by atoms with Crippen LogP contribution in [-0.4, -0.2) is 57.1 Å². The first-order valence-corrected chi connectivity index (χ1v) is 12.8. The summed E-state index contributed by atoms with van der Waals surface area (Å²) >= 11 is 0. The van der Waals surface area contributed by atoms with Crippen molar-refractivity contribution in [3.05, 3.63) is 59.9 Å². The minimum Gasteiger partial charge on any atom is -0.497 e. The topological polar surface area (TPSA) is 96.0 Å². The maximum absolute atomic E-state index is 14.4. The summed E-state index contributed by atoms with van der Waals surface area (Å²) in [7, 11) is -2.36. The molecule has 0 aliphatic rings. The van der Waals surface area contributed by atoms with Gasteiger partial charge in [0.2, 0.25) is 21.8 Å². The van der Waals surface area contributed by atoms with E-state index < -0.39 is 40.2 Å². The highest BCUT2D eigenvalue weighted by molar-refractivity contribution is 7.92. The van der Waals surface area contributed by atoms with Crippen LogP contribution in [0, 0.1) is 5.82 Å². The Labute approximate surface area is 200 Å². The normalized spacial score (nSPS) is 13.0. The van der Waals surface area contributed by atoms with Gasteiger partial charge < -0.3 is 15.0 Å². The molecule has 10 heteroatoms. The molecule has 0 radical (unpaired) electrons. The van der Waals surface area contributed by atoms with Crippen molar-refractivity contribution < 1.29 is 27.1 Å². The van der Waals surface area contributed by atoms with Crippen LogP contribution in [0.1, 0.15) is 32.8 Å². The Hall–Kier alpha value is -3.14. The van der Waals surface area contributed by atoms with Crippen molar-refractivity contribution in [3.8, 4) is 5.75 Å². The Balaban J connectivity index is 2.39. The molecule has 0 spiro atoms. The number of ether oxygens (including phenoxy) is 1. The second-order valence-electron chi connectivity index (χ2n) is 8.07. The Kier molecular flexibility index (Phi) is 9.43. The highest BCUT2D eigenvalue weighted by Gasteiger charge is 2.31. The third kappa shape index (κ3) is 7.18. The molecule has 0 bridgehead atoms. The molecular formula is C24H32FN3O5S. The molecule has 186 valence electrons. The lowest BCUT2D eigenvalue weighted by molar-refractivity contribution is -0.139. The summed E-state index contributed by atoms with van der Waals surface area (Å²) in [6, 6.07) is 11.1. The Bertz CT molecular complexity index is 1090. The summed E-state index contributed by atoms with van der Waals surface area (Å²) < 4.78 is 45.5. The van der Waals surface area contributed by atoms with Crippen LogP contribution in [0.15, 0.2) is 48.5 Å². The summed E-state index contributed by atoms with van der Waals surface area (Å²) in [4.78, 5) is 27.4. The van der Waals surface area contributed by atoms with E-state index in [0.29, 0.717) is 12.2 Å². The number of carbonyl (C=O) groups excluding carboxylic acids is 2. The van der Waals surface area contributed by atoms with E-state index in [4.69, 9.17) is 4.74 Å². The molecule has 2 aromatic carbocycles. The molecule has 0 unspecified atom stereocenters. The molecule has 8 nitrogen and oxygen atoms in total. The summed E-state index contributed by atoms with van der Waals surface area (Å²) in [6.45, 7) is 4.54. The first kappa shape index (κ1) is 27.1. The molecule has 2 rings (SSSR count). The van der Waals surface area contributed by atoms with E-state index in [9.17, 15) is 22.4 Å². The van der Waals surface area contributed by atoms with Crippen LogP contribution in [0.25, 0.3) is 0 Å². The quantitative estimate of drug-likeness (QED) is 0.519. The van der Waals surface area contributed by atoms with Crippen molar-refractivity contribution in [2.24, 2.45) is 0 Å². The van der Waals surface area contributed by atoms with Crippen molar-refractivity contribution in [1.82, 2.24) is 10.2 Å². The fraction of sp³-hybridized carbons (Fsp3) is 0.417. The molecule has 1 N–H and O–H groups in total. The van der Waals surface area contributed by atoms with Gasteiger partial charge in [-0.05, 0) is 50.6 Å². The van der Waals surface area contributed by atoms with Crippen LogP contribution in [0.2, 0.25) is 0 Å². The number of anilines is 1. The highest BCUT2D eigenvalue weighted by Crippen LogP contribution is 2.22. The minimum atomic E-state index is -3.85. The Morgan fingerprint density at radius 1 is 1.09 bits per heavy atom. The van der Waals surface area contributed by atoms with Gasteiger partial charge in [-0.1, -0.05) is 25.1 Å². The molecule has 0 saturated carbocycles. The first-order valence-electron chi connectivity index (χ1n) is 10.9.